The van der Waals surface area contributed by atoms with Crippen LogP contribution in [0.15, 0.2) is 36.4 Å². The van der Waals surface area contributed by atoms with Gasteiger partial charge in [-0.2, -0.15) is 5.26 Å². The Kier molecular flexibility index (Phi) is 7.14. The standard InChI is InChI=1S/C21H22N4OS.ClH/c1-14-11-18-19(12-15(14)2)27-21(23-18)25(10-9-24(3)4)20(26)17-7-5-16(13-22)6-8-17;/h5-8,11-12H,9-10H2,1-4H3;1H. The van der Waals surface area contributed by atoms with Gasteiger partial charge >= 0.3 is 0 Å². The number of thiazole rings is 1. The highest BCUT2D eigenvalue weighted by atomic mass is 35.5. The van der Waals surface area contributed by atoms with Gasteiger partial charge in [-0.3, -0.25) is 9.69 Å². The van der Waals surface area contributed by atoms with Crippen molar-refractivity contribution >= 4 is 45.0 Å². The molecule has 0 N–H and O–H groups in total. The number of nitrogens with zero attached hydrogens (tertiary/aromatic N) is 4. The lowest BCUT2D eigenvalue weighted by Crippen LogP contribution is -2.36. The van der Waals surface area contributed by atoms with E-state index < -0.39 is 0 Å². The van der Waals surface area contributed by atoms with Gasteiger partial charge < -0.3 is 4.90 Å². The Bertz CT molecular complexity index is 982. The molecular formula is C21H23ClN4OS. The van der Waals surface area contributed by atoms with E-state index in [4.69, 9.17) is 10.2 Å². The Morgan fingerprint density at radius 1 is 1.11 bits per heavy atom. The Morgan fingerprint density at radius 3 is 2.36 bits per heavy atom. The smallest absolute Gasteiger partial charge is 0.260 e. The summed E-state index contributed by atoms with van der Waals surface area (Å²) in [5.41, 5.74) is 4.42. The number of aromatic nitrogens is 1. The van der Waals surface area contributed by atoms with Gasteiger partial charge in [0.25, 0.3) is 5.91 Å². The molecule has 28 heavy (non-hydrogen) atoms. The molecule has 1 heterocycles. The summed E-state index contributed by atoms with van der Waals surface area (Å²) in [7, 11) is 3.96. The van der Waals surface area contributed by atoms with Gasteiger partial charge in [-0.05, 0) is 75.5 Å². The molecule has 0 saturated heterocycles. The first kappa shape index (κ1) is 21.8. The van der Waals surface area contributed by atoms with E-state index in [0.29, 0.717) is 22.8 Å². The summed E-state index contributed by atoms with van der Waals surface area (Å²) in [6.45, 7) is 5.43. The SMILES string of the molecule is Cc1cc2nc(N(CCN(C)C)C(=O)c3ccc(C#N)cc3)sc2cc1C.Cl. The molecule has 3 aromatic rings. The molecule has 1 aromatic heterocycles. The van der Waals surface area contributed by atoms with Gasteiger partial charge in [0.2, 0.25) is 0 Å². The largest absolute Gasteiger partial charge is 0.308 e. The van der Waals surface area contributed by atoms with Crippen LogP contribution in [0.1, 0.15) is 27.0 Å². The molecule has 0 aliphatic heterocycles. The Hall–Kier alpha value is -2.46. The number of amides is 1. The third-order valence-corrected chi connectivity index (χ3v) is 5.54. The van der Waals surface area contributed by atoms with Crippen molar-refractivity contribution in [2.75, 3.05) is 32.1 Å². The second kappa shape index (κ2) is 9.16. The van der Waals surface area contributed by atoms with Crippen LogP contribution in [0.3, 0.4) is 0 Å². The molecule has 0 atom stereocenters. The zero-order chi connectivity index (χ0) is 19.6. The molecular weight excluding hydrogens is 392 g/mol. The number of likely N-dealkylation sites (N-methyl/N-ethyl adjacent to an activating group) is 1. The van der Waals surface area contributed by atoms with E-state index in [1.54, 1.807) is 29.2 Å². The molecule has 2 aromatic carbocycles. The Labute approximate surface area is 175 Å². The number of nitriles is 1. The minimum atomic E-state index is -0.103. The van der Waals surface area contributed by atoms with Crippen molar-refractivity contribution in [2.45, 2.75) is 13.8 Å². The summed E-state index contributed by atoms with van der Waals surface area (Å²) in [5, 5.41) is 9.67. The van der Waals surface area contributed by atoms with Crippen LogP contribution in [0.4, 0.5) is 5.13 Å². The molecule has 0 spiro atoms. The first-order chi connectivity index (χ1) is 12.9. The van der Waals surface area contributed by atoms with E-state index in [-0.39, 0.29) is 18.3 Å². The monoisotopic (exact) mass is 414 g/mol. The predicted octanol–water partition coefficient (Wildman–Crippen LogP) is 4.42. The summed E-state index contributed by atoms with van der Waals surface area (Å²) in [5.74, 6) is -0.103. The number of carbonyl (C=O) groups is 1. The maximum atomic E-state index is 13.2. The number of hydrogen-bond donors (Lipinski definition) is 0. The van der Waals surface area contributed by atoms with Gasteiger partial charge in [0.1, 0.15) is 0 Å². The summed E-state index contributed by atoms with van der Waals surface area (Å²) in [4.78, 5) is 21.7. The van der Waals surface area contributed by atoms with E-state index in [1.807, 2.05) is 19.0 Å². The second-order valence-corrected chi connectivity index (χ2v) is 7.86. The quantitative estimate of drug-likeness (QED) is 0.620. The van der Waals surface area contributed by atoms with Crippen LogP contribution in [-0.2, 0) is 0 Å². The maximum Gasteiger partial charge on any atom is 0.260 e. The van der Waals surface area contributed by atoms with Gasteiger partial charge in [0.05, 0.1) is 21.8 Å². The molecule has 0 fully saturated rings. The van der Waals surface area contributed by atoms with Crippen molar-refractivity contribution in [3.8, 4) is 6.07 Å². The number of anilines is 1. The zero-order valence-electron chi connectivity index (χ0n) is 16.4. The molecule has 146 valence electrons. The van der Waals surface area contributed by atoms with E-state index >= 15 is 0 Å². The normalized spacial score (nSPS) is 10.6. The number of fused-ring (bicyclic) bond motifs is 1. The Morgan fingerprint density at radius 2 is 1.75 bits per heavy atom. The third-order valence-electron chi connectivity index (χ3n) is 4.50. The average molecular weight is 415 g/mol. The van der Waals surface area contributed by atoms with Crippen LogP contribution in [0.2, 0.25) is 0 Å². The fourth-order valence-electron chi connectivity index (χ4n) is 2.71. The number of hydrogen-bond acceptors (Lipinski definition) is 5. The summed E-state index contributed by atoms with van der Waals surface area (Å²) in [6.07, 6.45) is 0. The highest BCUT2D eigenvalue weighted by Crippen LogP contribution is 2.31. The van der Waals surface area contributed by atoms with E-state index in [1.165, 1.54) is 22.5 Å². The van der Waals surface area contributed by atoms with E-state index in [0.717, 1.165) is 16.8 Å². The lowest BCUT2D eigenvalue weighted by atomic mass is 10.1. The first-order valence-corrected chi connectivity index (χ1v) is 9.55. The molecule has 7 heteroatoms. The van der Waals surface area contributed by atoms with Crippen molar-refractivity contribution in [3.05, 3.63) is 58.7 Å². The topological polar surface area (TPSA) is 60.2 Å². The van der Waals surface area contributed by atoms with Gasteiger partial charge in [-0.15, -0.1) is 12.4 Å². The van der Waals surface area contributed by atoms with Crippen LogP contribution in [0, 0.1) is 25.2 Å². The fraction of sp³-hybridized carbons (Fsp3) is 0.286. The Balaban J connectivity index is 0.00000280. The van der Waals surface area contributed by atoms with Crippen LogP contribution < -0.4 is 4.90 Å². The number of rotatable bonds is 5. The molecule has 0 saturated carbocycles. The van der Waals surface area contributed by atoms with Crippen LogP contribution in [0.25, 0.3) is 10.2 Å². The predicted molar refractivity (Wildman–Crippen MR) is 118 cm³/mol. The van der Waals surface area contributed by atoms with Crippen LogP contribution >= 0.6 is 23.7 Å². The van der Waals surface area contributed by atoms with Gasteiger partial charge in [0.15, 0.2) is 5.13 Å². The highest BCUT2D eigenvalue weighted by Gasteiger charge is 2.21. The lowest BCUT2D eigenvalue weighted by Gasteiger charge is -2.22. The minimum Gasteiger partial charge on any atom is -0.308 e. The summed E-state index contributed by atoms with van der Waals surface area (Å²) in [6, 6.07) is 13.0. The maximum absolute atomic E-state index is 13.2. The average Bonchev–Trinajstić information content (AvgIpc) is 3.04. The van der Waals surface area contributed by atoms with Crippen molar-refractivity contribution in [1.82, 2.24) is 9.88 Å². The summed E-state index contributed by atoms with van der Waals surface area (Å²) >= 11 is 1.53. The number of aryl methyl sites for hydroxylation is 2. The van der Waals surface area contributed by atoms with Crippen LogP contribution in [-0.4, -0.2) is 43.0 Å². The van der Waals surface area contributed by atoms with Gasteiger partial charge in [0, 0.05) is 18.7 Å². The minimum absolute atomic E-state index is 0. The molecule has 3 rings (SSSR count). The molecule has 0 bridgehead atoms. The highest BCUT2D eigenvalue weighted by molar-refractivity contribution is 7.22. The van der Waals surface area contributed by atoms with Crippen molar-refractivity contribution < 1.29 is 4.79 Å². The van der Waals surface area contributed by atoms with Crippen molar-refractivity contribution in [3.63, 3.8) is 0 Å². The molecule has 0 aliphatic carbocycles. The van der Waals surface area contributed by atoms with E-state index in [9.17, 15) is 4.79 Å². The second-order valence-electron chi connectivity index (χ2n) is 6.85. The molecule has 0 aliphatic rings. The van der Waals surface area contributed by atoms with Crippen molar-refractivity contribution in [1.29, 1.82) is 5.26 Å². The molecule has 5 nitrogen and oxygen atoms in total. The number of halogens is 1. The van der Waals surface area contributed by atoms with E-state index in [2.05, 4.69) is 32.0 Å². The molecule has 0 unspecified atom stereocenters. The first-order valence-electron chi connectivity index (χ1n) is 8.73. The van der Waals surface area contributed by atoms with Crippen molar-refractivity contribution in [2.24, 2.45) is 0 Å². The van der Waals surface area contributed by atoms with Gasteiger partial charge in [-0.1, -0.05) is 11.3 Å². The van der Waals surface area contributed by atoms with Gasteiger partial charge in [-0.25, -0.2) is 4.98 Å². The number of carbonyl (C=O) groups excluding carboxylic acids is 1. The lowest BCUT2D eigenvalue weighted by molar-refractivity contribution is 0.0985. The third kappa shape index (κ3) is 4.68. The summed E-state index contributed by atoms with van der Waals surface area (Å²) < 4.78 is 1.08. The molecule has 0 radical (unpaired) electrons. The van der Waals surface area contributed by atoms with Crippen LogP contribution in [0.5, 0.6) is 0 Å². The molecule has 1 amide bonds. The number of benzene rings is 2. The fourth-order valence-corrected chi connectivity index (χ4v) is 3.78. The zero-order valence-corrected chi connectivity index (χ0v) is 18.0.